The van der Waals surface area contributed by atoms with Crippen molar-refractivity contribution >= 4 is 0 Å². The van der Waals surface area contributed by atoms with Crippen molar-refractivity contribution in [3.63, 3.8) is 0 Å². The number of hydrogen-bond donors (Lipinski definition) is 0. The van der Waals surface area contributed by atoms with E-state index in [4.69, 9.17) is 4.74 Å². The van der Waals surface area contributed by atoms with Crippen molar-refractivity contribution in [2.75, 3.05) is 0 Å². The first kappa shape index (κ1) is 20.7. The average molecular weight is 455 g/mol. The quantitative estimate of drug-likeness (QED) is 0.268. The zero-order valence-electron chi connectivity index (χ0n) is 18.9. The van der Waals surface area contributed by atoms with Gasteiger partial charge in [-0.05, 0) is 35.4 Å². The standard InChI is InChI=1S/C30H22N4O/c1-3-9-23(10-4-1)25-19-31-33(21-25)27-13-7-15-29(17-27)35-30-16-8-14-28(18-30)34-22-26(20-32-34)24-11-5-2-6-12-24/h1-22H. The molecule has 0 saturated heterocycles. The smallest absolute Gasteiger partial charge is 0.129 e. The van der Waals surface area contributed by atoms with Crippen molar-refractivity contribution in [2.24, 2.45) is 0 Å². The number of hydrogen-bond acceptors (Lipinski definition) is 3. The van der Waals surface area contributed by atoms with Crippen LogP contribution in [0.2, 0.25) is 0 Å². The van der Waals surface area contributed by atoms with Gasteiger partial charge < -0.3 is 4.74 Å². The third kappa shape index (κ3) is 4.48. The Hall–Kier alpha value is -4.90. The van der Waals surface area contributed by atoms with Gasteiger partial charge in [0.2, 0.25) is 0 Å². The lowest BCUT2D eigenvalue weighted by Gasteiger charge is -2.09. The van der Waals surface area contributed by atoms with Crippen LogP contribution in [0.3, 0.4) is 0 Å². The normalized spacial score (nSPS) is 10.9. The summed E-state index contributed by atoms with van der Waals surface area (Å²) in [6.45, 7) is 0. The second-order valence-electron chi connectivity index (χ2n) is 8.18. The van der Waals surface area contributed by atoms with Crippen molar-refractivity contribution in [3.8, 4) is 45.1 Å². The number of ether oxygens (including phenoxy) is 1. The fourth-order valence-electron chi connectivity index (χ4n) is 4.00. The summed E-state index contributed by atoms with van der Waals surface area (Å²) in [5.41, 5.74) is 6.27. The van der Waals surface area contributed by atoms with Gasteiger partial charge in [0, 0.05) is 35.7 Å². The number of rotatable bonds is 6. The molecule has 0 aliphatic heterocycles. The van der Waals surface area contributed by atoms with Gasteiger partial charge in [0.25, 0.3) is 0 Å². The Balaban J connectivity index is 1.23. The summed E-state index contributed by atoms with van der Waals surface area (Å²) < 4.78 is 9.93. The molecule has 5 nitrogen and oxygen atoms in total. The van der Waals surface area contributed by atoms with Crippen molar-refractivity contribution in [3.05, 3.63) is 134 Å². The zero-order chi connectivity index (χ0) is 23.5. The minimum absolute atomic E-state index is 0.738. The summed E-state index contributed by atoms with van der Waals surface area (Å²) in [5.74, 6) is 1.48. The molecular weight excluding hydrogens is 432 g/mol. The maximum Gasteiger partial charge on any atom is 0.129 e. The van der Waals surface area contributed by atoms with Gasteiger partial charge in [0.15, 0.2) is 0 Å². The second kappa shape index (κ2) is 9.15. The van der Waals surface area contributed by atoms with E-state index >= 15 is 0 Å². The second-order valence-corrected chi connectivity index (χ2v) is 8.18. The first-order valence-corrected chi connectivity index (χ1v) is 11.4. The molecule has 35 heavy (non-hydrogen) atoms. The van der Waals surface area contributed by atoms with Crippen molar-refractivity contribution in [1.29, 1.82) is 0 Å². The van der Waals surface area contributed by atoms with Crippen LogP contribution in [-0.2, 0) is 0 Å². The molecule has 0 radical (unpaired) electrons. The zero-order valence-corrected chi connectivity index (χ0v) is 18.9. The van der Waals surface area contributed by atoms with E-state index in [1.165, 1.54) is 0 Å². The molecule has 6 rings (SSSR count). The van der Waals surface area contributed by atoms with Crippen LogP contribution in [0.4, 0.5) is 0 Å². The van der Waals surface area contributed by atoms with Crippen LogP contribution in [0.1, 0.15) is 0 Å². The van der Waals surface area contributed by atoms with E-state index in [1.807, 2.05) is 119 Å². The highest BCUT2D eigenvalue weighted by molar-refractivity contribution is 5.63. The molecule has 0 aliphatic rings. The van der Waals surface area contributed by atoms with Gasteiger partial charge in [-0.2, -0.15) is 10.2 Å². The topological polar surface area (TPSA) is 44.9 Å². The van der Waals surface area contributed by atoms with Gasteiger partial charge in [0.1, 0.15) is 11.5 Å². The lowest BCUT2D eigenvalue weighted by molar-refractivity contribution is 0.481. The molecule has 0 saturated carbocycles. The molecule has 0 fully saturated rings. The Bertz CT molecular complexity index is 1450. The summed E-state index contributed by atoms with van der Waals surface area (Å²) in [6, 6.07) is 36.3. The lowest BCUT2D eigenvalue weighted by atomic mass is 10.1. The number of nitrogens with zero attached hydrogens (tertiary/aromatic N) is 4. The summed E-state index contributed by atoms with van der Waals surface area (Å²) in [6.07, 6.45) is 7.80. The molecular formula is C30H22N4O. The molecule has 168 valence electrons. The van der Waals surface area contributed by atoms with Crippen LogP contribution in [0.5, 0.6) is 11.5 Å². The fourth-order valence-corrected chi connectivity index (χ4v) is 4.00. The maximum atomic E-state index is 6.20. The summed E-state index contributed by atoms with van der Waals surface area (Å²) in [4.78, 5) is 0. The van der Waals surface area contributed by atoms with Gasteiger partial charge >= 0.3 is 0 Å². The Morgan fingerprint density at radius 2 is 0.914 bits per heavy atom. The van der Waals surface area contributed by atoms with Crippen LogP contribution in [0.15, 0.2) is 134 Å². The van der Waals surface area contributed by atoms with Crippen LogP contribution in [0, 0.1) is 0 Å². The van der Waals surface area contributed by atoms with Gasteiger partial charge in [-0.25, -0.2) is 9.36 Å². The maximum absolute atomic E-state index is 6.20. The highest BCUT2D eigenvalue weighted by Crippen LogP contribution is 2.27. The molecule has 0 bridgehead atoms. The van der Waals surface area contributed by atoms with E-state index in [1.54, 1.807) is 0 Å². The predicted octanol–water partition coefficient (Wildman–Crippen LogP) is 7.18. The first-order valence-electron chi connectivity index (χ1n) is 11.4. The monoisotopic (exact) mass is 454 g/mol. The average Bonchev–Trinajstić information content (AvgIpc) is 3.61. The van der Waals surface area contributed by atoms with Gasteiger partial charge in [-0.15, -0.1) is 0 Å². The third-order valence-corrected chi connectivity index (χ3v) is 5.78. The first-order chi connectivity index (χ1) is 17.3. The molecule has 0 spiro atoms. The largest absolute Gasteiger partial charge is 0.457 e. The minimum Gasteiger partial charge on any atom is -0.457 e. The molecule has 4 aromatic carbocycles. The van der Waals surface area contributed by atoms with Crippen LogP contribution >= 0.6 is 0 Å². The fraction of sp³-hybridized carbons (Fsp3) is 0. The molecule has 5 heteroatoms. The Labute approximate surface area is 203 Å². The van der Waals surface area contributed by atoms with Gasteiger partial charge in [-0.1, -0.05) is 72.8 Å². The van der Waals surface area contributed by atoms with E-state index in [0.29, 0.717) is 0 Å². The molecule has 6 aromatic rings. The Morgan fingerprint density at radius 1 is 0.457 bits per heavy atom. The van der Waals surface area contributed by atoms with Gasteiger partial charge in [-0.3, -0.25) is 0 Å². The summed E-state index contributed by atoms with van der Waals surface area (Å²) in [5, 5.41) is 9.08. The molecule has 0 N–H and O–H groups in total. The van der Waals surface area contributed by atoms with Crippen molar-refractivity contribution < 1.29 is 4.74 Å². The van der Waals surface area contributed by atoms with Crippen LogP contribution < -0.4 is 4.74 Å². The van der Waals surface area contributed by atoms with E-state index in [9.17, 15) is 0 Å². The van der Waals surface area contributed by atoms with Crippen LogP contribution in [-0.4, -0.2) is 19.6 Å². The lowest BCUT2D eigenvalue weighted by Crippen LogP contribution is -1.96. The van der Waals surface area contributed by atoms with E-state index in [0.717, 1.165) is 45.1 Å². The highest BCUT2D eigenvalue weighted by atomic mass is 16.5. The molecule has 0 atom stereocenters. The third-order valence-electron chi connectivity index (χ3n) is 5.78. The van der Waals surface area contributed by atoms with Crippen molar-refractivity contribution in [1.82, 2.24) is 19.6 Å². The van der Waals surface area contributed by atoms with Crippen molar-refractivity contribution in [2.45, 2.75) is 0 Å². The predicted molar refractivity (Wildman–Crippen MR) is 138 cm³/mol. The number of benzene rings is 4. The molecule has 0 amide bonds. The number of aromatic nitrogens is 4. The highest BCUT2D eigenvalue weighted by Gasteiger charge is 2.07. The van der Waals surface area contributed by atoms with E-state index < -0.39 is 0 Å². The van der Waals surface area contributed by atoms with Gasteiger partial charge in [0.05, 0.1) is 23.8 Å². The van der Waals surface area contributed by atoms with Crippen LogP contribution in [0.25, 0.3) is 33.6 Å². The summed E-state index contributed by atoms with van der Waals surface area (Å²) in [7, 11) is 0. The molecule has 2 aromatic heterocycles. The SMILES string of the molecule is c1ccc(-c2cnn(-c3cccc(Oc4cccc(-n5cc(-c6ccccc6)cn5)c4)c3)c2)cc1. The minimum atomic E-state index is 0.738. The molecule has 2 heterocycles. The molecule has 0 aliphatic carbocycles. The summed E-state index contributed by atoms with van der Waals surface area (Å²) >= 11 is 0. The van der Waals surface area contributed by atoms with E-state index in [2.05, 4.69) is 34.5 Å². The Kier molecular flexibility index (Phi) is 5.41. The Morgan fingerprint density at radius 3 is 1.37 bits per heavy atom. The van der Waals surface area contributed by atoms with E-state index in [-0.39, 0.29) is 0 Å². The molecule has 0 unspecified atom stereocenters.